The van der Waals surface area contributed by atoms with Gasteiger partial charge in [0.1, 0.15) is 11.5 Å². The third-order valence-electron chi connectivity index (χ3n) is 1.98. The Labute approximate surface area is 103 Å². The summed E-state index contributed by atoms with van der Waals surface area (Å²) in [7, 11) is 0. The normalized spacial score (nSPS) is 11.6. The van der Waals surface area contributed by atoms with Crippen LogP contribution >= 0.6 is 11.6 Å². The van der Waals surface area contributed by atoms with Gasteiger partial charge in [0, 0.05) is 10.6 Å². The predicted octanol–water partition coefficient (Wildman–Crippen LogP) is 3.09. The number of phenolic OH excluding ortho intramolecular Hbond substituents is 1. The second-order valence-electron chi connectivity index (χ2n) is 3.21. The van der Waals surface area contributed by atoms with Crippen LogP contribution in [0.25, 0.3) is 0 Å². The Morgan fingerprint density at radius 1 is 1.18 bits per heavy atom. The highest BCUT2D eigenvalue weighted by atomic mass is 35.5. The van der Waals surface area contributed by atoms with Crippen LogP contribution in [0.3, 0.4) is 0 Å². The van der Waals surface area contributed by atoms with Gasteiger partial charge >= 0.3 is 0 Å². The minimum atomic E-state index is 0.103. The van der Waals surface area contributed by atoms with Gasteiger partial charge in [0.2, 0.25) is 0 Å². The summed E-state index contributed by atoms with van der Waals surface area (Å²) in [5, 5.41) is 17.6. The van der Waals surface area contributed by atoms with Crippen LogP contribution in [0, 0.1) is 0 Å². The molecule has 1 heterocycles. The summed E-state index contributed by atoms with van der Waals surface area (Å²) in [5.74, 6) is 0.712. The van der Waals surface area contributed by atoms with Gasteiger partial charge in [-0.1, -0.05) is 11.6 Å². The molecule has 0 aliphatic carbocycles. The van der Waals surface area contributed by atoms with Crippen molar-refractivity contribution >= 4 is 24.0 Å². The Balaban J connectivity index is 2.08. The zero-order chi connectivity index (χ0) is 12.1. The van der Waals surface area contributed by atoms with E-state index in [9.17, 15) is 5.11 Å². The molecule has 0 atom stereocenters. The molecular formula is C12H9ClN2O2. The van der Waals surface area contributed by atoms with Gasteiger partial charge in [-0.25, -0.2) is 0 Å². The van der Waals surface area contributed by atoms with Crippen molar-refractivity contribution in [1.29, 1.82) is 0 Å². The monoisotopic (exact) mass is 248 g/mol. The Bertz CT molecular complexity index is 548. The van der Waals surface area contributed by atoms with Crippen molar-refractivity contribution in [2.75, 3.05) is 0 Å². The lowest BCUT2D eigenvalue weighted by molar-refractivity contribution is 0.474. The highest BCUT2D eigenvalue weighted by Crippen LogP contribution is 2.19. The van der Waals surface area contributed by atoms with Crippen molar-refractivity contribution in [1.82, 2.24) is 0 Å². The van der Waals surface area contributed by atoms with E-state index in [0.717, 1.165) is 0 Å². The van der Waals surface area contributed by atoms with Crippen LogP contribution < -0.4 is 0 Å². The van der Waals surface area contributed by atoms with Crippen LogP contribution in [-0.4, -0.2) is 17.5 Å². The number of furan rings is 1. The number of rotatable bonds is 3. The number of halogens is 1. The van der Waals surface area contributed by atoms with Gasteiger partial charge in [0.15, 0.2) is 0 Å². The molecule has 0 unspecified atom stereocenters. The molecule has 0 spiro atoms. The van der Waals surface area contributed by atoms with Crippen LogP contribution in [0.4, 0.5) is 0 Å². The van der Waals surface area contributed by atoms with E-state index in [4.69, 9.17) is 16.0 Å². The Morgan fingerprint density at radius 2 is 2.00 bits per heavy atom. The van der Waals surface area contributed by atoms with Crippen molar-refractivity contribution in [3.63, 3.8) is 0 Å². The zero-order valence-electron chi connectivity index (χ0n) is 8.75. The number of nitrogens with zero attached hydrogens (tertiary/aromatic N) is 2. The second kappa shape index (κ2) is 5.32. The average Bonchev–Trinajstić information content (AvgIpc) is 2.82. The lowest BCUT2D eigenvalue weighted by Crippen LogP contribution is -1.82. The van der Waals surface area contributed by atoms with Crippen molar-refractivity contribution in [3.8, 4) is 5.75 Å². The summed E-state index contributed by atoms with van der Waals surface area (Å²) in [5.41, 5.74) is 0.508. The van der Waals surface area contributed by atoms with Gasteiger partial charge < -0.3 is 9.52 Å². The summed E-state index contributed by atoms with van der Waals surface area (Å²) in [6.07, 6.45) is 4.44. The molecule has 0 aliphatic rings. The van der Waals surface area contributed by atoms with Gasteiger partial charge in [-0.3, -0.25) is 0 Å². The third-order valence-corrected chi connectivity index (χ3v) is 2.22. The fraction of sp³-hybridized carbons (Fsp3) is 0. The molecule has 2 aromatic rings. The Morgan fingerprint density at radius 3 is 2.76 bits per heavy atom. The molecule has 0 radical (unpaired) electrons. The molecule has 0 amide bonds. The van der Waals surface area contributed by atoms with E-state index in [0.29, 0.717) is 16.3 Å². The van der Waals surface area contributed by atoms with Gasteiger partial charge in [0.25, 0.3) is 0 Å². The fourth-order valence-electron chi connectivity index (χ4n) is 1.18. The summed E-state index contributed by atoms with van der Waals surface area (Å²) in [6, 6.07) is 8.22. The quantitative estimate of drug-likeness (QED) is 0.670. The summed E-state index contributed by atoms with van der Waals surface area (Å²) >= 11 is 5.78. The molecule has 1 aromatic heterocycles. The highest BCUT2D eigenvalue weighted by molar-refractivity contribution is 6.30. The fourth-order valence-corrected chi connectivity index (χ4v) is 1.36. The van der Waals surface area contributed by atoms with E-state index in [1.165, 1.54) is 18.5 Å². The number of hydrogen-bond acceptors (Lipinski definition) is 4. The summed E-state index contributed by atoms with van der Waals surface area (Å²) in [6.45, 7) is 0. The van der Waals surface area contributed by atoms with E-state index in [1.54, 1.807) is 30.5 Å². The van der Waals surface area contributed by atoms with Crippen LogP contribution in [0.15, 0.2) is 51.2 Å². The molecule has 0 saturated heterocycles. The largest absolute Gasteiger partial charge is 0.507 e. The van der Waals surface area contributed by atoms with E-state index < -0.39 is 0 Å². The van der Waals surface area contributed by atoms with E-state index in [-0.39, 0.29) is 5.75 Å². The first-order chi connectivity index (χ1) is 8.25. The number of benzene rings is 1. The molecule has 5 heteroatoms. The van der Waals surface area contributed by atoms with Crippen LogP contribution in [0.5, 0.6) is 5.75 Å². The first kappa shape index (κ1) is 11.4. The van der Waals surface area contributed by atoms with Gasteiger partial charge in [-0.05, 0) is 30.3 Å². The standard InChI is InChI=1S/C12H9ClN2O2/c13-10-3-4-12(16)9(6-10)7-14-15-8-11-2-1-5-17-11/h1-8,16H/b14-7-,15-8-. The molecule has 2 rings (SSSR count). The lowest BCUT2D eigenvalue weighted by atomic mass is 10.2. The summed E-state index contributed by atoms with van der Waals surface area (Å²) < 4.78 is 5.03. The molecule has 0 fully saturated rings. The molecule has 86 valence electrons. The molecule has 0 saturated carbocycles. The smallest absolute Gasteiger partial charge is 0.146 e. The molecule has 0 bridgehead atoms. The second-order valence-corrected chi connectivity index (χ2v) is 3.64. The SMILES string of the molecule is Oc1ccc(Cl)cc1/C=N\N=C/c1ccco1. The van der Waals surface area contributed by atoms with Crippen LogP contribution in [0.1, 0.15) is 11.3 Å². The maximum atomic E-state index is 9.50. The maximum absolute atomic E-state index is 9.50. The number of hydrogen-bond donors (Lipinski definition) is 1. The first-order valence-electron chi connectivity index (χ1n) is 4.84. The summed E-state index contributed by atoms with van der Waals surface area (Å²) in [4.78, 5) is 0. The topological polar surface area (TPSA) is 58.1 Å². The third kappa shape index (κ3) is 3.19. The average molecular weight is 249 g/mol. The minimum absolute atomic E-state index is 0.103. The maximum Gasteiger partial charge on any atom is 0.146 e. The minimum Gasteiger partial charge on any atom is -0.507 e. The van der Waals surface area contributed by atoms with Gasteiger partial charge in [-0.15, -0.1) is 0 Å². The van der Waals surface area contributed by atoms with Gasteiger partial charge in [0.05, 0.1) is 18.7 Å². The Hall–Kier alpha value is -2.07. The van der Waals surface area contributed by atoms with Crippen molar-refractivity contribution in [2.24, 2.45) is 10.2 Å². The lowest BCUT2D eigenvalue weighted by Gasteiger charge is -1.97. The first-order valence-corrected chi connectivity index (χ1v) is 5.22. The van der Waals surface area contributed by atoms with Crippen LogP contribution in [-0.2, 0) is 0 Å². The highest BCUT2D eigenvalue weighted by Gasteiger charge is 1.98. The van der Waals surface area contributed by atoms with Crippen molar-refractivity contribution in [3.05, 3.63) is 52.9 Å². The van der Waals surface area contributed by atoms with E-state index >= 15 is 0 Å². The molecule has 1 N–H and O–H groups in total. The van der Waals surface area contributed by atoms with E-state index in [1.807, 2.05) is 0 Å². The predicted molar refractivity (Wildman–Crippen MR) is 67.0 cm³/mol. The molecule has 17 heavy (non-hydrogen) atoms. The zero-order valence-corrected chi connectivity index (χ0v) is 9.50. The molecule has 0 aliphatic heterocycles. The number of aromatic hydroxyl groups is 1. The Kier molecular flexibility index (Phi) is 3.57. The molecular weight excluding hydrogens is 240 g/mol. The van der Waals surface area contributed by atoms with Crippen LogP contribution in [0.2, 0.25) is 5.02 Å². The molecule has 4 nitrogen and oxygen atoms in total. The van der Waals surface area contributed by atoms with Gasteiger partial charge in [-0.2, -0.15) is 10.2 Å². The number of phenols is 1. The van der Waals surface area contributed by atoms with Crippen molar-refractivity contribution < 1.29 is 9.52 Å². The van der Waals surface area contributed by atoms with E-state index in [2.05, 4.69) is 10.2 Å². The van der Waals surface area contributed by atoms with Crippen molar-refractivity contribution in [2.45, 2.75) is 0 Å². The molecule has 1 aromatic carbocycles.